The Morgan fingerprint density at radius 3 is 2.61 bits per heavy atom. The predicted octanol–water partition coefficient (Wildman–Crippen LogP) is 2.68. The molecule has 0 heterocycles. The number of methoxy groups -OCH3 is 1. The molecule has 124 valence electrons. The Kier molecular flexibility index (Phi) is 7.99. The fraction of sp³-hybridized carbons (Fsp3) is 0.294. The van der Waals surface area contributed by atoms with E-state index in [1.165, 1.54) is 13.2 Å². The van der Waals surface area contributed by atoms with Crippen LogP contribution in [0.15, 0.2) is 36.9 Å². The Labute approximate surface area is 135 Å². The van der Waals surface area contributed by atoms with Crippen LogP contribution in [0.4, 0.5) is 0 Å². The minimum absolute atomic E-state index is 0.324. The maximum absolute atomic E-state index is 10.8. The number of carbonyl (C=O) groups is 2. The minimum Gasteiger partial charge on any atom is -0.493 e. The van der Waals surface area contributed by atoms with Gasteiger partial charge in [0.1, 0.15) is 0 Å². The smallest absolute Gasteiger partial charge is 0.330 e. The molecule has 0 radical (unpaired) electrons. The van der Waals surface area contributed by atoms with Crippen molar-refractivity contribution in [1.82, 2.24) is 0 Å². The van der Waals surface area contributed by atoms with Crippen LogP contribution in [0.1, 0.15) is 18.4 Å². The SMILES string of the molecule is C=CC(=O)OCCCCOc1ccc(/C=C/C(=O)O)cc1OC. The molecule has 0 aliphatic rings. The fourth-order valence-corrected chi connectivity index (χ4v) is 1.69. The van der Waals surface area contributed by atoms with Gasteiger partial charge in [0.15, 0.2) is 11.5 Å². The highest BCUT2D eigenvalue weighted by molar-refractivity contribution is 5.85. The fourth-order valence-electron chi connectivity index (χ4n) is 1.69. The van der Waals surface area contributed by atoms with Gasteiger partial charge in [0.25, 0.3) is 0 Å². The van der Waals surface area contributed by atoms with Crippen LogP contribution in [0.5, 0.6) is 11.5 Å². The second kappa shape index (κ2) is 10.0. The number of rotatable bonds is 10. The number of hydrogen-bond donors (Lipinski definition) is 1. The molecule has 0 saturated carbocycles. The monoisotopic (exact) mass is 320 g/mol. The molecule has 0 saturated heterocycles. The van der Waals surface area contributed by atoms with Crippen molar-refractivity contribution in [2.75, 3.05) is 20.3 Å². The number of hydrogen-bond acceptors (Lipinski definition) is 5. The van der Waals surface area contributed by atoms with E-state index in [2.05, 4.69) is 6.58 Å². The van der Waals surface area contributed by atoms with E-state index >= 15 is 0 Å². The number of aliphatic carboxylic acids is 1. The van der Waals surface area contributed by atoms with E-state index in [1.54, 1.807) is 18.2 Å². The average molecular weight is 320 g/mol. The molecule has 1 aromatic carbocycles. The molecule has 6 heteroatoms. The van der Waals surface area contributed by atoms with E-state index in [9.17, 15) is 9.59 Å². The normalized spacial score (nSPS) is 10.3. The standard InChI is InChI=1S/C17H20O6/c1-3-17(20)23-11-5-4-10-22-14-8-6-13(7-9-16(18)19)12-15(14)21-2/h3,6-9,12H,1,4-5,10-11H2,2H3,(H,18,19)/b9-7+. The van der Waals surface area contributed by atoms with Crippen molar-refractivity contribution in [3.05, 3.63) is 42.5 Å². The number of carboxylic acids is 1. The summed E-state index contributed by atoms with van der Waals surface area (Å²) in [7, 11) is 1.52. The summed E-state index contributed by atoms with van der Waals surface area (Å²) in [5.74, 6) is -0.349. The van der Waals surface area contributed by atoms with Crippen LogP contribution in [0.2, 0.25) is 0 Å². The number of benzene rings is 1. The Balaban J connectivity index is 2.46. The molecule has 6 nitrogen and oxygen atoms in total. The predicted molar refractivity (Wildman–Crippen MR) is 85.5 cm³/mol. The van der Waals surface area contributed by atoms with Crippen molar-refractivity contribution in [2.24, 2.45) is 0 Å². The van der Waals surface area contributed by atoms with E-state index in [-0.39, 0.29) is 0 Å². The number of carbonyl (C=O) groups excluding carboxylic acids is 1. The summed E-state index contributed by atoms with van der Waals surface area (Å²) in [5, 5.41) is 8.61. The van der Waals surface area contributed by atoms with Crippen LogP contribution >= 0.6 is 0 Å². The molecule has 1 aromatic rings. The zero-order valence-corrected chi connectivity index (χ0v) is 13.0. The number of unbranched alkanes of at least 4 members (excludes halogenated alkanes) is 1. The Morgan fingerprint density at radius 1 is 1.22 bits per heavy atom. The lowest BCUT2D eigenvalue weighted by Gasteiger charge is -2.11. The van der Waals surface area contributed by atoms with Gasteiger partial charge in [0.05, 0.1) is 20.3 Å². The van der Waals surface area contributed by atoms with E-state index in [0.29, 0.717) is 43.1 Å². The lowest BCUT2D eigenvalue weighted by molar-refractivity contribution is -0.138. The molecule has 0 aliphatic carbocycles. The van der Waals surface area contributed by atoms with E-state index in [0.717, 1.165) is 12.2 Å². The van der Waals surface area contributed by atoms with Crippen molar-refractivity contribution in [2.45, 2.75) is 12.8 Å². The van der Waals surface area contributed by atoms with Gasteiger partial charge in [-0.15, -0.1) is 0 Å². The quantitative estimate of drug-likeness (QED) is 0.405. The number of carboxylic acid groups (broad SMARTS) is 1. The van der Waals surface area contributed by atoms with Crippen LogP contribution in [-0.2, 0) is 14.3 Å². The van der Waals surface area contributed by atoms with Gasteiger partial charge in [-0.25, -0.2) is 9.59 Å². The molecule has 0 atom stereocenters. The minimum atomic E-state index is -1.01. The van der Waals surface area contributed by atoms with Crippen molar-refractivity contribution in [1.29, 1.82) is 0 Å². The first kappa shape index (κ1) is 18.3. The summed E-state index contributed by atoms with van der Waals surface area (Å²) < 4.78 is 15.7. The van der Waals surface area contributed by atoms with E-state index in [1.807, 2.05) is 0 Å². The topological polar surface area (TPSA) is 82.1 Å². The van der Waals surface area contributed by atoms with Gasteiger partial charge in [-0.3, -0.25) is 0 Å². The highest BCUT2D eigenvalue weighted by Gasteiger charge is 2.05. The van der Waals surface area contributed by atoms with Crippen molar-refractivity contribution < 1.29 is 28.9 Å². The Morgan fingerprint density at radius 2 is 1.96 bits per heavy atom. The van der Waals surface area contributed by atoms with Crippen LogP contribution in [0.3, 0.4) is 0 Å². The second-order valence-corrected chi connectivity index (χ2v) is 4.51. The maximum Gasteiger partial charge on any atom is 0.330 e. The highest BCUT2D eigenvalue weighted by atomic mass is 16.5. The van der Waals surface area contributed by atoms with Crippen molar-refractivity contribution in [3.8, 4) is 11.5 Å². The van der Waals surface area contributed by atoms with Crippen molar-refractivity contribution >= 4 is 18.0 Å². The van der Waals surface area contributed by atoms with Gasteiger partial charge in [-0.1, -0.05) is 12.6 Å². The molecule has 0 aromatic heterocycles. The molecule has 0 fully saturated rings. The van der Waals surface area contributed by atoms with Crippen LogP contribution in [0, 0.1) is 0 Å². The van der Waals surface area contributed by atoms with Gasteiger partial charge in [0, 0.05) is 12.2 Å². The summed E-state index contributed by atoms with van der Waals surface area (Å²) >= 11 is 0. The zero-order chi connectivity index (χ0) is 17.1. The summed E-state index contributed by atoms with van der Waals surface area (Å²) in [6.45, 7) is 4.09. The lowest BCUT2D eigenvalue weighted by atomic mass is 10.2. The van der Waals surface area contributed by atoms with Crippen LogP contribution < -0.4 is 9.47 Å². The average Bonchev–Trinajstić information content (AvgIpc) is 2.56. The van der Waals surface area contributed by atoms with E-state index < -0.39 is 11.9 Å². The third kappa shape index (κ3) is 7.17. The summed E-state index contributed by atoms with van der Waals surface area (Å²) in [6, 6.07) is 5.15. The van der Waals surface area contributed by atoms with Gasteiger partial charge in [-0.05, 0) is 36.6 Å². The molecule has 23 heavy (non-hydrogen) atoms. The number of esters is 1. The molecule has 0 unspecified atom stereocenters. The molecule has 1 rings (SSSR count). The largest absolute Gasteiger partial charge is 0.493 e. The van der Waals surface area contributed by atoms with Gasteiger partial charge >= 0.3 is 11.9 Å². The third-order valence-electron chi connectivity index (χ3n) is 2.81. The van der Waals surface area contributed by atoms with Crippen LogP contribution in [-0.4, -0.2) is 37.4 Å². The maximum atomic E-state index is 10.8. The van der Waals surface area contributed by atoms with Gasteiger partial charge in [0.2, 0.25) is 0 Å². The Hall–Kier alpha value is -2.76. The first-order valence-electron chi connectivity index (χ1n) is 7.08. The van der Waals surface area contributed by atoms with Gasteiger partial charge in [-0.2, -0.15) is 0 Å². The van der Waals surface area contributed by atoms with Crippen LogP contribution in [0.25, 0.3) is 6.08 Å². The summed E-state index contributed by atoms with van der Waals surface area (Å²) in [4.78, 5) is 21.4. The van der Waals surface area contributed by atoms with E-state index in [4.69, 9.17) is 19.3 Å². The number of ether oxygens (including phenoxy) is 3. The first-order chi connectivity index (χ1) is 11.1. The zero-order valence-electron chi connectivity index (χ0n) is 13.0. The molecule has 1 N–H and O–H groups in total. The summed E-state index contributed by atoms with van der Waals surface area (Å²) in [6.07, 6.45) is 5.06. The molecule has 0 bridgehead atoms. The molecule has 0 spiro atoms. The van der Waals surface area contributed by atoms with Crippen molar-refractivity contribution in [3.63, 3.8) is 0 Å². The molecular formula is C17H20O6. The molecular weight excluding hydrogens is 300 g/mol. The Bertz CT molecular complexity index is 576. The summed E-state index contributed by atoms with van der Waals surface area (Å²) in [5.41, 5.74) is 0.702. The molecule has 0 amide bonds. The third-order valence-corrected chi connectivity index (χ3v) is 2.81. The second-order valence-electron chi connectivity index (χ2n) is 4.51. The first-order valence-corrected chi connectivity index (χ1v) is 7.08. The van der Waals surface area contributed by atoms with Gasteiger partial charge < -0.3 is 19.3 Å². The lowest BCUT2D eigenvalue weighted by Crippen LogP contribution is -2.05. The highest BCUT2D eigenvalue weighted by Crippen LogP contribution is 2.28. The molecule has 0 aliphatic heterocycles.